The van der Waals surface area contributed by atoms with Gasteiger partial charge in [0.1, 0.15) is 0 Å². The zero-order chi connectivity index (χ0) is 16.7. The van der Waals surface area contributed by atoms with Crippen LogP contribution in [-0.4, -0.2) is 11.6 Å². The zero-order valence-corrected chi connectivity index (χ0v) is 15.0. The first-order valence-corrected chi connectivity index (χ1v) is 8.88. The van der Waals surface area contributed by atoms with Gasteiger partial charge in [-0.25, -0.2) is 5.43 Å². The van der Waals surface area contributed by atoms with Gasteiger partial charge in [-0.2, -0.15) is 5.10 Å². The molecule has 2 atom stereocenters. The second-order valence-corrected chi connectivity index (χ2v) is 7.38. The zero-order valence-electron chi connectivity index (χ0n) is 12.7. The fourth-order valence-corrected chi connectivity index (χ4v) is 3.87. The van der Waals surface area contributed by atoms with Crippen LogP contribution in [0.5, 0.6) is 0 Å². The van der Waals surface area contributed by atoms with Crippen LogP contribution in [0, 0.1) is 5.92 Å². The van der Waals surface area contributed by atoms with Crippen molar-refractivity contribution in [1.29, 1.82) is 0 Å². The number of hydrogen-bond donors (Lipinski definition) is 1. The number of allylic oxidation sites excluding steroid dienone is 2. The van der Waals surface area contributed by atoms with Gasteiger partial charge in [0.25, 0.3) is 0 Å². The molecule has 0 aromatic heterocycles. The molecule has 1 N–H and O–H groups in total. The molecule has 5 heteroatoms. The average molecular weight is 402 g/mol. The first-order chi connectivity index (χ1) is 11.6. The third-order valence-corrected chi connectivity index (χ3v) is 5.32. The molecule has 3 nitrogen and oxygen atoms in total. The number of carbonyl (C=O) groups excluding carboxylic acids is 1. The van der Waals surface area contributed by atoms with E-state index in [0.717, 1.165) is 27.7 Å². The van der Waals surface area contributed by atoms with Gasteiger partial charge in [0, 0.05) is 15.4 Å². The van der Waals surface area contributed by atoms with Crippen LogP contribution < -0.4 is 5.43 Å². The van der Waals surface area contributed by atoms with Gasteiger partial charge in [-0.3, -0.25) is 4.79 Å². The molecule has 1 amide bonds. The first-order valence-electron chi connectivity index (χ1n) is 7.71. The van der Waals surface area contributed by atoms with Gasteiger partial charge in [-0.15, -0.1) is 0 Å². The van der Waals surface area contributed by atoms with Crippen molar-refractivity contribution in [2.24, 2.45) is 11.0 Å². The highest BCUT2D eigenvalue weighted by atomic mass is 79.9. The van der Waals surface area contributed by atoms with Crippen LogP contribution in [0.25, 0.3) is 5.57 Å². The molecule has 2 aromatic rings. The van der Waals surface area contributed by atoms with Gasteiger partial charge in [-0.05, 0) is 53.5 Å². The molecule has 1 aliphatic heterocycles. The Bertz CT molecular complexity index is 873. The van der Waals surface area contributed by atoms with Crippen LogP contribution in [0.3, 0.4) is 0 Å². The Kier molecular flexibility index (Phi) is 4.02. The maximum absolute atomic E-state index is 12.3. The van der Waals surface area contributed by atoms with E-state index in [4.69, 9.17) is 11.6 Å². The number of hydrogen-bond acceptors (Lipinski definition) is 2. The number of rotatable bonds is 2. The Morgan fingerprint density at radius 3 is 2.71 bits per heavy atom. The molecule has 24 heavy (non-hydrogen) atoms. The third-order valence-electron chi connectivity index (χ3n) is 4.55. The molecule has 0 saturated carbocycles. The minimum absolute atomic E-state index is 0.0357. The van der Waals surface area contributed by atoms with Crippen LogP contribution >= 0.6 is 27.5 Å². The molecular weight excluding hydrogens is 388 g/mol. The highest BCUT2D eigenvalue weighted by Crippen LogP contribution is 2.42. The second-order valence-electron chi connectivity index (χ2n) is 6.03. The van der Waals surface area contributed by atoms with Crippen molar-refractivity contribution < 1.29 is 4.79 Å². The monoisotopic (exact) mass is 400 g/mol. The van der Waals surface area contributed by atoms with Crippen LogP contribution in [0.15, 0.2) is 64.2 Å². The molecule has 2 aliphatic rings. The lowest BCUT2D eigenvalue weighted by atomic mass is 9.73. The molecule has 0 spiro atoms. The lowest BCUT2D eigenvalue weighted by Crippen LogP contribution is -2.31. The van der Waals surface area contributed by atoms with Crippen LogP contribution in [0.1, 0.15) is 23.5 Å². The van der Waals surface area contributed by atoms with Crippen LogP contribution in [0.2, 0.25) is 5.02 Å². The molecule has 1 aliphatic carbocycles. The summed E-state index contributed by atoms with van der Waals surface area (Å²) in [7, 11) is 0. The summed E-state index contributed by atoms with van der Waals surface area (Å²) in [5.41, 5.74) is 6.81. The van der Waals surface area contributed by atoms with Crippen molar-refractivity contribution in [3.05, 3.63) is 75.2 Å². The maximum Gasteiger partial charge on any atom is 0.249 e. The summed E-state index contributed by atoms with van der Waals surface area (Å²) in [6.07, 6.45) is 2.81. The fraction of sp³-hybridized carbons (Fsp3) is 0.158. The molecule has 1 heterocycles. The topological polar surface area (TPSA) is 41.5 Å². The Labute approximate surface area is 153 Å². The minimum atomic E-state index is -0.248. The Hall–Kier alpha value is -1.91. The lowest BCUT2D eigenvalue weighted by molar-refractivity contribution is -0.122. The number of amides is 1. The van der Waals surface area contributed by atoms with Gasteiger partial charge in [-0.1, -0.05) is 51.8 Å². The Morgan fingerprint density at radius 1 is 1.17 bits per heavy atom. The Balaban J connectivity index is 1.77. The summed E-state index contributed by atoms with van der Waals surface area (Å²) in [6.45, 7) is 0. The third kappa shape index (κ3) is 2.80. The van der Waals surface area contributed by atoms with E-state index in [0.29, 0.717) is 5.02 Å². The molecule has 0 fully saturated rings. The first kappa shape index (κ1) is 15.6. The van der Waals surface area contributed by atoms with Gasteiger partial charge >= 0.3 is 0 Å². The largest absolute Gasteiger partial charge is 0.272 e. The van der Waals surface area contributed by atoms with Crippen molar-refractivity contribution in [1.82, 2.24) is 5.43 Å². The number of fused-ring (bicyclic) bond motifs is 1. The van der Waals surface area contributed by atoms with E-state index in [1.165, 1.54) is 5.57 Å². The van der Waals surface area contributed by atoms with Gasteiger partial charge < -0.3 is 0 Å². The molecule has 0 radical (unpaired) electrons. The number of carbonyl (C=O) groups is 1. The number of hydrazone groups is 1. The van der Waals surface area contributed by atoms with E-state index in [1.54, 1.807) is 0 Å². The van der Waals surface area contributed by atoms with Gasteiger partial charge in [0.2, 0.25) is 5.91 Å². The van der Waals surface area contributed by atoms with Crippen molar-refractivity contribution in [3.8, 4) is 0 Å². The summed E-state index contributed by atoms with van der Waals surface area (Å²) in [4.78, 5) is 12.3. The average Bonchev–Trinajstić information content (AvgIpc) is 2.96. The predicted molar refractivity (Wildman–Crippen MR) is 100.0 cm³/mol. The number of nitrogens with one attached hydrogen (secondary N) is 1. The predicted octanol–water partition coefficient (Wildman–Crippen LogP) is 4.78. The van der Waals surface area contributed by atoms with E-state index < -0.39 is 0 Å². The van der Waals surface area contributed by atoms with E-state index >= 15 is 0 Å². The number of nitrogens with zero attached hydrogens (tertiary/aromatic N) is 1. The van der Waals surface area contributed by atoms with Crippen molar-refractivity contribution in [2.45, 2.75) is 12.3 Å². The summed E-state index contributed by atoms with van der Waals surface area (Å²) >= 11 is 9.63. The minimum Gasteiger partial charge on any atom is -0.272 e. The smallest absolute Gasteiger partial charge is 0.249 e. The van der Waals surface area contributed by atoms with Crippen molar-refractivity contribution >= 4 is 44.7 Å². The summed E-state index contributed by atoms with van der Waals surface area (Å²) in [6, 6.07) is 16.0. The molecule has 0 bridgehead atoms. The number of halogens is 2. The van der Waals surface area contributed by atoms with Gasteiger partial charge in [0.05, 0.1) is 11.6 Å². The maximum atomic E-state index is 12.3. The summed E-state index contributed by atoms with van der Waals surface area (Å²) in [5.74, 6) is -0.252. The van der Waals surface area contributed by atoms with E-state index in [1.807, 2.05) is 42.5 Å². The fourth-order valence-electron chi connectivity index (χ4n) is 3.41. The lowest BCUT2D eigenvalue weighted by Gasteiger charge is -2.28. The van der Waals surface area contributed by atoms with E-state index in [9.17, 15) is 4.79 Å². The molecule has 2 aromatic carbocycles. The molecule has 0 saturated heterocycles. The second kappa shape index (κ2) is 6.19. The summed E-state index contributed by atoms with van der Waals surface area (Å²) in [5, 5.41) is 4.91. The normalized spacial score (nSPS) is 22.5. The van der Waals surface area contributed by atoms with E-state index in [-0.39, 0.29) is 17.7 Å². The van der Waals surface area contributed by atoms with Crippen LogP contribution in [0.4, 0.5) is 0 Å². The van der Waals surface area contributed by atoms with Crippen LogP contribution in [-0.2, 0) is 4.79 Å². The molecule has 2 unspecified atom stereocenters. The van der Waals surface area contributed by atoms with Gasteiger partial charge in [0.15, 0.2) is 0 Å². The summed E-state index contributed by atoms with van der Waals surface area (Å²) < 4.78 is 1.04. The molecular formula is C19H14BrClN2O. The SMILES string of the molecule is O=C1NN=C2C=C(c3ccc(Br)cc3)CC(c3cccc(Cl)c3)C12. The highest BCUT2D eigenvalue weighted by Gasteiger charge is 2.40. The highest BCUT2D eigenvalue weighted by molar-refractivity contribution is 9.10. The van der Waals surface area contributed by atoms with Crippen molar-refractivity contribution in [3.63, 3.8) is 0 Å². The molecule has 120 valence electrons. The standard InChI is InChI=1S/C19H14BrClN2O/c20-14-6-4-11(5-7-14)13-9-16(12-2-1-3-15(21)8-12)18-17(10-13)22-23-19(18)24/h1-8,10,16,18H,9H2,(H,23,24). The molecule has 4 rings (SSSR count). The number of benzene rings is 2. The van der Waals surface area contributed by atoms with Crippen molar-refractivity contribution in [2.75, 3.05) is 0 Å². The quantitative estimate of drug-likeness (QED) is 0.773. The Morgan fingerprint density at radius 2 is 1.96 bits per heavy atom. The van der Waals surface area contributed by atoms with E-state index in [2.05, 4.69) is 38.6 Å².